The molecule has 1 aliphatic rings. The van der Waals surface area contributed by atoms with E-state index < -0.39 is 50.1 Å². The molecule has 0 spiro atoms. The second-order valence-corrected chi connectivity index (χ2v) is 16.7. The fourth-order valence-corrected chi connectivity index (χ4v) is 8.69. The Hall–Kier alpha value is -4.00. The Morgan fingerprint density at radius 1 is 0.586 bits per heavy atom. The van der Waals surface area contributed by atoms with Gasteiger partial charge in [0.05, 0.1) is 51.3 Å². The number of hydrogen-bond acceptors (Lipinski definition) is 10. The number of carbonyl (C=O) groups excluding carboxylic acids is 1. The second kappa shape index (κ2) is 22.4. The van der Waals surface area contributed by atoms with Gasteiger partial charge < -0.3 is 37.5 Å². The zero-order valence-electron chi connectivity index (χ0n) is 32.7. The van der Waals surface area contributed by atoms with Crippen molar-refractivity contribution in [2.24, 2.45) is 0 Å². The molecule has 0 bridgehead atoms. The quantitative estimate of drug-likeness (QED) is 0.0522. The number of rotatable bonds is 21. The minimum atomic E-state index is -4.12. The van der Waals surface area contributed by atoms with E-state index in [0.717, 1.165) is 26.7 Å². The highest BCUT2D eigenvalue weighted by molar-refractivity contribution is 9.10. The third kappa shape index (κ3) is 12.5. The van der Waals surface area contributed by atoms with Gasteiger partial charge in [-0.05, 0) is 60.4 Å². The van der Waals surface area contributed by atoms with Crippen LogP contribution >= 0.6 is 23.5 Å². The standard InChI is InChI=1S/C46H50BrO10P/c1-3-54-58(49,55-4-2)41(57-45(48)38-25-27-39(47)28-26-38)29-40-42(50-30-34-17-9-5-10-18-34)43(51-31-35-19-11-6-12-20-35)44(52-32-36-21-13-7-14-22-36)46(56-40)53-33-37-23-15-8-16-24-37/h5-28,40-44,46H,3-4,29-33H2,1-2H3/t40-,41-,42-,43+,44-,46-/m1/s1. The molecule has 0 unspecified atom stereocenters. The lowest BCUT2D eigenvalue weighted by atomic mass is 9.95. The Labute approximate surface area is 349 Å². The van der Waals surface area contributed by atoms with Crippen molar-refractivity contribution in [1.29, 1.82) is 0 Å². The fourth-order valence-electron chi connectivity index (χ4n) is 6.60. The van der Waals surface area contributed by atoms with E-state index in [1.165, 1.54) is 0 Å². The van der Waals surface area contributed by atoms with Crippen LogP contribution in [0.15, 0.2) is 150 Å². The van der Waals surface area contributed by atoms with Crippen LogP contribution in [0, 0.1) is 0 Å². The van der Waals surface area contributed by atoms with Gasteiger partial charge >= 0.3 is 13.6 Å². The number of halogens is 1. The molecule has 6 atom stereocenters. The van der Waals surface area contributed by atoms with Gasteiger partial charge in [-0.1, -0.05) is 137 Å². The molecule has 0 saturated carbocycles. The first-order chi connectivity index (χ1) is 28.3. The molecule has 1 aliphatic heterocycles. The van der Waals surface area contributed by atoms with E-state index in [-0.39, 0.29) is 51.6 Å². The van der Waals surface area contributed by atoms with Gasteiger partial charge in [-0.15, -0.1) is 0 Å². The number of ether oxygens (including phenoxy) is 6. The topological polar surface area (TPSA) is 108 Å². The van der Waals surface area contributed by atoms with E-state index in [1.807, 2.05) is 121 Å². The Bertz CT molecular complexity index is 1980. The van der Waals surface area contributed by atoms with Crippen LogP contribution in [0.3, 0.4) is 0 Å². The van der Waals surface area contributed by atoms with Gasteiger partial charge in [0, 0.05) is 10.9 Å². The van der Waals surface area contributed by atoms with Gasteiger partial charge in [0.1, 0.15) is 18.3 Å². The van der Waals surface area contributed by atoms with E-state index in [4.69, 9.17) is 37.5 Å². The van der Waals surface area contributed by atoms with E-state index in [0.29, 0.717) is 0 Å². The molecule has 1 saturated heterocycles. The summed E-state index contributed by atoms with van der Waals surface area (Å²) in [6, 6.07) is 45.8. The van der Waals surface area contributed by atoms with Gasteiger partial charge in [-0.2, -0.15) is 0 Å². The molecule has 0 radical (unpaired) electrons. The summed E-state index contributed by atoms with van der Waals surface area (Å²) in [7, 11) is -4.12. The van der Waals surface area contributed by atoms with Gasteiger partial charge in [0.25, 0.3) is 0 Å². The summed E-state index contributed by atoms with van der Waals surface area (Å²) in [5.41, 5.74) is 3.99. The Morgan fingerprint density at radius 3 is 1.45 bits per heavy atom. The van der Waals surface area contributed by atoms with E-state index in [9.17, 15) is 9.36 Å². The third-order valence-electron chi connectivity index (χ3n) is 9.43. The number of esters is 1. The van der Waals surface area contributed by atoms with Crippen molar-refractivity contribution in [3.8, 4) is 0 Å². The van der Waals surface area contributed by atoms with E-state index in [1.54, 1.807) is 38.1 Å². The highest BCUT2D eigenvalue weighted by atomic mass is 79.9. The van der Waals surface area contributed by atoms with Crippen LogP contribution in [0.1, 0.15) is 52.9 Å². The highest BCUT2D eigenvalue weighted by Crippen LogP contribution is 2.56. The molecular formula is C46H50BrO10P. The van der Waals surface area contributed by atoms with Crippen molar-refractivity contribution in [3.05, 3.63) is 178 Å². The minimum absolute atomic E-state index is 0.0457. The molecule has 0 aromatic heterocycles. The van der Waals surface area contributed by atoms with Crippen molar-refractivity contribution in [2.45, 2.75) is 83.2 Å². The molecule has 10 nitrogen and oxygen atoms in total. The zero-order chi connectivity index (χ0) is 40.6. The lowest BCUT2D eigenvalue weighted by molar-refractivity contribution is -0.327. The number of hydrogen-bond donors (Lipinski definition) is 0. The summed E-state index contributed by atoms with van der Waals surface area (Å²) in [5.74, 6) is -2.10. The van der Waals surface area contributed by atoms with Crippen molar-refractivity contribution in [1.82, 2.24) is 0 Å². The lowest BCUT2D eigenvalue weighted by Gasteiger charge is -2.46. The molecule has 5 aromatic carbocycles. The molecule has 0 N–H and O–H groups in total. The molecule has 58 heavy (non-hydrogen) atoms. The first kappa shape index (κ1) is 43.6. The second-order valence-electron chi connectivity index (χ2n) is 13.6. The van der Waals surface area contributed by atoms with Crippen LogP contribution in [0.25, 0.3) is 0 Å². The highest BCUT2D eigenvalue weighted by Gasteiger charge is 2.52. The average Bonchev–Trinajstić information content (AvgIpc) is 3.25. The Kier molecular flexibility index (Phi) is 16.8. The van der Waals surface area contributed by atoms with Crippen molar-refractivity contribution >= 4 is 29.5 Å². The third-order valence-corrected chi connectivity index (χ3v) is 12.2. The number of carbonyl (C=O) groups is 1. The van der Waals surface area contributed by atoms with Crippen LogP contribution in [-0.2, 0) is 68.5 Å². The normalized spacial score (nSPS) is 20.0. The van der Waals surface area contributed by atoms with Crippen LogP contribution in [0.4, 0.5) is 0 Å². The maximum atomic E-state index is 14.7. The first-order valence-corrected chi connectivity index (χ1v) is 21.9. The Morgan fingerprint density at radius 2 is 1.00 bits per heavy atom. The summed E-state index contributed by atoms with van der Waals surface area (Å²) in [6.45, 7) is 4.35. The van der Waals surface area contributed by atoms with Crippen LogP contribution in [-0.4, -0.2) is 55.7 Å². The maximum absolute atomic E-state index is 14.7. The van der Waals surface area contributed by atoms with E-state index in [2.05, 4.69) is 15.9 Å². The lowest BCUT2D eigenvalue weighted by Crippen LogP contribution is -2.61. The fraction of sp³-hybridized carbons (Fsp3) is 0.326. The SMILES string of the molecule is CCOP(=O)(OCC)[C@H](C[C@H]1O[C@@H](OCc2ccccc2)[C@H](OCc2ccccc2)[C@@H](OCc2ccccc2)[C@@H]1OCc1ccccc1)OC(=O)c1ccc(Br)cc1. The van der Waals surface area contributed by atoms with Crippen molar-refractivity contribution in [3.63, 3.8) is 0 Å². The molecule has 0 aliphatic carbocycles. The van der Waals surface area contributed by atoms with Crippen molar-refractivity contribution in [2.75, 3.05) is 13.2 Å². The molecule has 0 amide bonds. The summed E-state index contributed by atoms with van der Waals surface area (Å²) in [4.78, 5) is 13.8. The largest absolute Gasteiger partial charge is 0.446 e. The predicted molar refractivity (Wildman–Crippen MR) is 224 cm³/mol. The van der Waals surface area contributed by atoms with Crippen LogP contribution in [0.2, 0.25) is 0 Å². The maximum Gasteiger partial charge on any atom is 0.371 e. The summed E-state index contributed by atoms with van der Waals surface area (Å²) < 4.78 is 67.1. The molecule has 12 heteroatoms. The molecule has 1 heterocycles. The van der Waals surface area contributed by atoms with E-state index >= 15 is 0 Å². The van der Waals surface area contributed by atoms with Crippen LogP contribution in [0.5, 0.6) is 0 Å². The predicted octanol–water partition coefficient (Wildman–Crippen LogP) is 10.3. The molecule has 6 rings (SSSR count). The molecular weight excluding hydrogens is 823 g/mol. The summed E-state index contributed by atoms with van der Waals surface area (Å²) in [6.07, 6.45) is -4.55. The average molecular weight is 874 g/mol. The molecule has 1 fully saturated rings. The van der Waals surface area contributed by atoms with Crippen LogP contribution < -0.4 is 0 Å². The smallest absolute Gasteiger partial charge is 0.371 e. The van der Waals surface area contributed by atoms with Crippen molar-refractivity contribution < 1.29 is 46.8 Å². The molecule has 306 valence electrons. The summed E-state index contributed by atoms with van der Waals surface area (Å²) in [5, 5.41) is 0. The van der Waals surface area contributed by atoms with Gasteiger partial charge in [-0.25, -0.2) is 4.79 Å². The molecule has 5 aromatic rings. The Balaban J connectivity index is 1.41. The number of benzene rings is 5. The van der Waals surface area contributed by atoms with Gasteiger partial charge in [-0.3, -0.25) is 4.57 Å². The zero-order valence-corrected chi connectivity index (χ0v) is 35.2. The first-order valence-electron chi connectivity index (χ1n) is 19.5. The summed E-state index contributed by atoms with van der Waals surface area (Å²) >= 11 is 3.42. The van der Waals surface area contributed by atoms with Gasteiger partial charge in [0.2, 0.25) is 5.85 Å². The monoisotopic (exact) mass is 872 g/mol. The minimum Gasteiger partial charge on any atom is -0.446 e. The van der Waals surface area contributed by atoms with Gasteiger partial charge in [0.15, 0.2) is 6.29 Å².